The van der Waals surface area contributed by atoms with Crippen molar-refractivity contribution in [2.75, 3.05) is 6.61 Å². The number of rotatable bonds is 14. The number of nitrogens with one attached hydrogen (secondary N) is 1. The van der Waals surface area contributed by atoms with Crippen LogP contribution in [0.1, 0.15) is 84.5 Å². The largest absolute Gasteiger partial charge is 0.394 e. The van der Waals surface area contributed by atoms with Crippen LogP contribution in [0.2, 0.25) is 0 Å². The molecule has 0 aromatic rings. The summed E-state index contributed by atoms with van der Waals surface area (Å²) in [6, 6.07) is -0.519. The molecule has 2 atom stereocenters. The number of unbranched alkanes of at least 4 members (excludes halogenated alkanes) is 7. The molecule has 0 saturated heterocycles. The van der Waals surface area contributed by atoms with E-state index in [1.54, 1.807) is 0 Å². The lowest BCUT2D eigenvalue weighted by atomic mass is 10.0. The van der Waals surface area contributed by atoms with E-state index in [0.29, 0.717) is 12.8 Å². The lowest BCUT2D eigenvalue weighted by molar-refractivity contribution is -0.123. The Balaban J connectivity index is 3.73. The van der Waals surface area contributed by atoms with Crippen LogP contribution in [0.5, 0.6) is 0 Å². The number of aliphatic hydroxyl groups excluding tert-OH is 2. The summed E-state index contributed by atoms with van der Waals surface area (Å²) in [4.78, 5) is 11.6. The molecule has 0 aliphatic rings. The Morgan fingerprint density at radius 1 is 0.952 bits per heavy atom. The van der Waals surface area contributed by atoms with Crippen LogP contribution in [-0.2, 0) is 4.79 Å². The first-order chi connectivity index (χ1) is 10.2. The third-order valence-corrected chi connectivity index (χ3v) is 3.87. The van der Waals surface area contributed by atoms with Crippen LogP contribution in [0.4, 0.5) is 0 Å². The van der Waals surface area contributed by atoms with E-state index >= 15 is 0 Å². The highest BCUT2D eigenvalue weighted by Crippen LogP contribution is 2.11. The van der Waals surface area contributed by atoms with Crippen molar-refractivity contribution in [1.82, 2.24) is 5.32 Å². The van der Waals surface area contributed by atoms with Crippen LogP contribution in [-0.4, -0.2) is 34.9 Å². The van der Waals surface area contributed by atoms with Gasteiger partial charge >= 0.3 is 0 Å². The molecule has 0 bridgehead atoms. The van der Waals surface area contributed by atoms with Crippen molar-refractivity contribution >= 4 is 5.91 Å². The summed E-state index contributed by atoms with van der Waals surface area (Å²) in [6.45, 7) is 4.04. The van der Waals surface area contributed by atoms with Gasteiger partial charge in [-0.2, -0.15) is 0 Å². The zero-order valence-corrected chi connectivity index (χ0v) is 13.9. The van der Waals surface area contributed by atoms with Crippen LogP contribution in [0.15, 0.2) is 0 Å². The number of hydrogen-bond donors (Lipinski definition) is 3. The summed E-state index contributed by atoms with van der Waals surface area (Å²) >= 11 is 0. The van der Waals surface area contributed by atoms with E-state index in [4.69, 9.17) is 0 Å². The summed E-state index contributed by atoms with van der Waals surface area (Å²) < 4.78 is 0. The van der Waals surface area contributed by atoms with Gasteiger partial charge in [-0.25, -0.2) is 0 Å². The summed E-state index contributed by atoms with van der Waals surface area (Å²) in [7, 11) is 0. The van der Waals surface area contributed by atoms with Crippen LogP contribution < -0.4 is 5.32 Å². The fourth-order valence-electron chi connectivity index (χ4n) is 2.39. The van der Waals surface area contributed by atoms with E-state index in [-0.39, 0.29) is 12.5 Å². The highest BCUT2D eigenvalue weighted by molar-refractivity contribution is 5.76. The standard InChI is InChI=1S/C17H35NO3/c1-3-5-7-8-9-10-11-12-16(20)15(14-19)18-17(21)13-6-4-2/h15-16,19-20H,3-14H2,1-2H3,(H,18,21). The van der Waals surface area contributed by atoms with Gasteiger partial charge in [-0.3, -0.25) is 4.79 Å². The molecular formula is C17H35NO3. The van der Waals surface area contributed by atoms with Crippen molar-refractivity contribution in [3.05, 3.63) is 0 Å². The van der Waals surface area contributed by atoms with Crippen molar-refractivity contribution in [3.63, 3.8) is 0 Å². The van der Waals surface area contributed by atoms with Gasteiger partial charge < -0.3 is 15.5 Å². The highest BCUT2D eigenvalue weighted by Gasteiger charge is 2.19. The van der Waals surface area contributed by atoms with Crippen molar-refractivity contribution in [3.8, 4) is 0 Å². The SMILES string of the molecule is CCCCCCCCCC(O)C(CO)NC(=O)CCCC. The van der Waals surface area contributed by atoms with Gasteiger partial charge in [0.25, 0.3) is 0 Å². The highest BCUT2D eigenvalue weighted by atomic mass is 16.3. The molecule has 126 valence electrons. The number of carbonyl (C=O) groups excluding carboxylic acids is 1. The van der Waals surface area contributed by atoms with Gasteiger partial charge in [0, 0.05) is 6.42 Å². The number of aliphatic hydroxyl groups is 2. The normalized spacial score (nSPS) is 13.9. The Morgan fingerprint density at radius 2 is 1.52 bits per heavy atom. The van der Waals surface area contributed by atoms with E-state index in [2.05, 4.69) is 12.2 Å². The van der Waals surface area contributed by atoms with Crippen LogP contribution >= 0.6 is 0 Å². The molecule has 0 aliphatic carbocycles. The fourth-order valence-corrected chi connectivity index (χ4v) is 2.39. The topological polar surface area (TPSA) is 69.6 Å². The molecule has 0 aliphatic heterocycles. The van der Waals surface area contributed by atoms with Gasteiger partial charge in [0.1, 0.15) is 0 Å². The summed E-state index contributed by atoms with van der Waals surface area (Å²) in [5, 5.41) is 22.1. The average Bonchev–Trinajstić information content (AvgIpc) is 2.49. The first-order valence-corrected chi connectivity index (χ1v) is 8.73. The van der Waals surface area contributed by atoms with E-state index in [1.165, 1.54) is 32.1 Å². The Labute approximate surface area is 130 Å². The smallest absolute Gasteiger partial charge is 0.220 e. The molecule has 0 saturated carbocycles. The lowest BCUT2D eigenvalue weighted by Crippen LogP contribution is -2.45. The molecule has 4 nitrogen and oxygen atoms in total. The van der Waals surface area contributed by atoms with Crippen LogP contribution in [0, 0.1) is 0 Å². The summed E-state index contributed by atoms with van der Waals surface area (Å²) in [5.74, 6) is -0.0745. The minimum absolute atomic E-state index is 0.0745. The molecule has 0 rings (SSSR count). The Bertz CT molecular complexity index is 246. The molecule has 21 heavy (non-hydrogen) atoms. The summed E-state index contributed by atoms with van der Waals surface area (Å²) in [5.41, 5.74) is 0. The predicted molar refractivity (Wildman–Crippen MR) is 87.2 cm³/mol. The molecule has 3 N–H and O–H groups in total. The fraction of sp³-hybridized carbons (Fsp3) is 0.941. The zero-order valence-electron chi connectivity index (χ0n) is 13.9. The van der Waals surface area contributed by atoms with Crippen molar-refractivity contribution in [2.24, 2.45) is 0 Å². The van der Waals surface area contributed by atoms with Gasteiger partial charge in [-0.15, -0.1) is 0 Å². The van der Waals surface area contributed by atoms with Gasteiger partial charge in [-0.1, -0.05) is 65.2 Å². The molecule has 0 spiro atoms. The molecule has 2 unspecified atom stereocenters. The second kappa shape index (κ2) is 14.3. The number of hydrogen-bond acceptors (Lipinski definition) is 3. The second-order valence-electron chi connectivity index (χ2n) is 5.94. The molecule has 0 radical (unpaired) electrons. The van der Waals surface area contributed by atoms with Crippen LogP contribution in [0.3, 0.4) is 0 Å². The molecular weight excluding hydrogens is 266 g/mol. The third-order valence-electron chi connectivity index (χ3n) is 3.87. The lowest BCUT2D eigenvalue weighted by Gasteiger charge is -2.22. The third kappa shape index (κ3) is 11.7. The average molecular weight is 301 g/mol. The van der Waals surface area contributed by atoms with E-state index in [0.717, 1.165) is 25.7 Å². The predicted octanol–water partition coefficient (Wildman–Crippen LogP) is 3.16. The van der Waals surface area contributed by atoms with E-state index in [1.807, 2.05) is 6.92 Å². The molecule has 4 heteroatoms. The van der Waals surface area contributed by atoms with Gasteiger partial charge in [0.05, 0.1) is 18.8 Å². The number of carbonyl (C=O) groups is 1. The van der Waals surface area contributed by atoms with Crippen molar-refractivity contribution in [2.45, 2.75) is 96.6 Å². The maximum absolute atomic E-state index is 11.6. The molecule has 0 fully saturated rings. The van der Waals surface area contributed by atoms with E-state index < -0.39 is 12.1 Å². The Kier molecular flexibility index (Phi) is 13.9. The van der Waals surface area contributed by atoms with Gasteiger partial charge in [0.15, 0.2) is 0 Å². The molecule has 0 aromatic carbocycles. The molecule has 1 amide bonds. The van der Waals surface area contributed by atoms with Gasteiger partial charge in [0.2, 0.25) is 5.91 Å². The first kappa shape index (κ1) is 20.4. The minimum atomic E-state index is -0.642. The quantitative estimate of drug-likeness (QED) is 0.432. The Morgan fingerprint density at radius 3 is 2.10 bits per heavy atom. The minimum Gasteiger partial charge on any atom is -0.394 e. The Hall–Kier alpha value is -0.610. The first-order valence-electron chi connectivity index (χ1n) is 8.73. The molecule has 0 heterocycles. The monoisotopic (exact) mass is 301 g/mol. The molecule has 0 aromatic heterocycles. The van der Waals surface area contributed by atoms with Gasteiger partial charge in [-0.05, 0) is 12.8 Å². The number of amides is 1. The van der Waals surface area contributed by atoms with E-state index in [9.17, 15) is 15.0 Å². The van der Waals surface area contributed by atoms with Crippen LogP contribution in [0.25, 0.3) is 0 Å². The van der Waals surface area contributed by atoms with Crippen molar-refractivity contribution < 1.29 is 15.0 Å². The summed E-state index contributed by atoms with van der Waals surface area (Å²) in [6.07, 6.45) is 10.7. The maximum Gasteiger partial charge on any atom is 0.220 e. The zero-order chi connectivity index (χ0) is 15.9. The maximum atomic E-state index is 11.6. The second-order valence-corrected chi connectivity index (χ2v) is 5.94. The van der Waals surface area contributed by atoms with Crippen molar-refractivity contribution in [1.29, 1.82) is 0 Å².